The Kier molecular flexibility index (Phi) is 4.34. The van der Waals surface area contributed by atoms with E-state index in [0.717, 1.165) is 25.0 Å². The Labute approximate surface area is 132 Å². The molecule has 22 heavy (non-hydrogen) atoms. The minimum atomic E-state index is -0.0380. The third-order valence-corrected chi connectivity index (χ3v) is 4.68. The zero-order valence-corrected chi connectivity index (χ0v) is 13.3. The van der Waals surface area contributed by atoms with Crippen LogP contribution in [0, 0.1) is 5.92 Å². The van der Waals surface area contributed by atoms with Crippen molar-refractivity contribution in [1.82, 2.24) is 0 Å². The van der Waals surface area contributed by atoms with Crippen LogP contribution >= 0.6 is 0 Å². The van der Waals surface area contributed by atoms with Gasteiger partial charge in [-0.3, -0.25) is 4.79 Å². The van der Waals surface area contributed by atoms with Gasteiger partial charge in [0.2, 0.25) is 0 Å². The third-order valence-electron chi connectivity index (χ3n) is 4.68. The third kappa shape index (κ3) is 2.70. The van der Waals surface area contributed by atoms with E-state index < -0.39 is 0 Å². The summed E-state index contributed by atoms with van der Waals surface area (Å²) in [5, 5.41) is 8.94. The maximum atomic E-state index is 12.3. The first kappa shape index (κ1) is 15.3. The van der Waals surface area contributed by atoms with Crippen molar-refractivity contribution >= 4 is 5.78 Å². The Bertz CT molecular complexity index is 599. The largest absolute Gasteiger partial charge is 0.489 e. The molecule has 0 unspecified atom stereocenters. The van der Waals surface area contributed by atoms with E-state index in [-0.39, 0.29) is 24.5 Å². The van der Waals surface area contributed by atoms with Gasteiger partial charge in [0.05, 0.1) is 0 Å². The molecule has 0 spiro atoms. The number of carbonyl (C=O) groups is 1. The molecule has 1 aromatic carbocycles. The predicted molar refractivity (Wildman–Crippen MR) is 86.2 cm³/mol. The molecule has 2 aliphatic rings. The monoisotopic (exact) mass is 300 g/mol. The quantitative estimate of drug-likeness (QED) is 0.669. The van der Waals surface area contributed by atoms with Crippen LogP contribution in [-0.4, -0.2) is 23.6 Å². The number of unbranched alkanes of at least 4 members (excludes halogenated alkanes) is 1. The molecule has 1 aliphatic heterocycles. The van der Waals surface area contributed by atoms with Crippen molar-refractivity contribution in [2.75, 3.05) is 6.61 Å². The van der Waals surface area contributed by atoms with Crippen molar-refractivity contribution in [2.45, 2.75) is 51.6 Å². The number of benzene rings is 1. The Morgan fingerprint density at radius 2 is 2.18 bits per heavy atom. The molecule has 0 radical (unpaired) electrons. The first-order chi connectivity index (χ1) is 10.6. The summed E-state index contributed by atoms with van der Waals surface area (Å²) in [7, 11) is 0. The fourth-order valence-electron chi connectivity index (χ4n) is 3.74. The smallest absolute Gasteiger partial charge is 0.144 e. The van der Waals surface area contributed by atoms with E-state index in [1.54, 1.807) is 0 Å². The topological polar surface area (TPSA) is 46.5 Å². The van der Waals surface area contributed by atoms with Crippen molar-refractivity contribution in [3.05, 3.63) is 41.0 Å². The Morgan fingerprint density at radius 3 is 2.91 bits per heavy atom. The van der Waals surface area contributed by atoms with Gasteiger partial charge in [0, 0.05) is 30.4 Å². The molecule has 0 aromatic heterocycles. The van der Waals surface area contributed by atoms with E-state index in [0.29, 0.717) is 12.2 Å². The molecule has 0 saturated heterocycles. The second kappa shape index (κ2) is 6.25. The molecular weight excluding hydrogens is 276 g/mol. The maximum Gasteiger partial charge on any atom is 0.144 e. The Morgan fingerprint density at radius 1 is 1.36 bits per heavy atom. The van der Waals surface area contributed by atoms with Crippen LogP contribution in [0.5, 0.6) is 5.75 Å². The number of para-hydroxylation sites is 1. The fraction of sp³-hybridized carbons (Fsp3) is 0.526. The molecule has 1 aromatic rings. The van der Waals surface area contributed by atoms with Crippen LogP contribution in [0.1, 0.15) is 50.2 Å². The van der Waals surface area contributed by atoms with E-state index in [4.69, 9.17) is 9.84 Å². The molecule has 3 atom stereocenters. The van der Waals surface area contributed by atoms with Gasteiger partial charge < -0.3 is 9.84 Å². The lowest BCUT2D eigenvalue weighted by Gasteiger charge is -2.13. The fourth-order valence-corrected chi connectivity index (χ4v) is 3.74. The average molecular weight is 300 g/mol. The van der Waals surface area contributed by atoms with Gasteiger partial charge in [0.25, 0.3) is 0 Å². The number of aliphatic hydroxyl groups excluding tert-OH is 1. The lowest BCUT2D eigenvalue weighted by atomic mass is 9.86. The highest BCUT2D eigenvalue weighted by atomic mass is 16.5. The number of carbonyl (C=O) groups excluding carboxylic acids is 1. The van der Waals surface area contributed by atoms with Crippen molar-refractivity contribution in [2.24, 2.45) is 5.92 Å². The van der Waals surface area contributed by atoms with Crippen LogP contribution < -0.4 is 4.74 Å². The second-order valence-corrected chi connectivity index (χ2v) is 6.64. The lowest BCUT2D eigenvalue weighted by Crippen LogP contribution is -2.15. The molecule has 3 nitrogen and oxygen atoms in total. The molecule has 1 fully saturated rings. The number of aliphatic hydroxyl groups is 1. The number of allylic oxidation sites excluding steroid dienone is 2. The Balaban J connectivity index is 1.90. The van der Waals surface area contributed by atoms with Gasteiger partial charge in [0.15, 0.2) is 0 Å². The summed E-state index contributed by atoms with van der Waals surface area (Å²) in [6.45, 7) is 4.32. The molecule has 118 valence electrons. The van der Waals surface area contributed by atoms with Crippen LogP contribution in [0.4, 0.5) is 0 Å². The molecule has 3 rings (SSSR count). The number of hydrogen-bond acceptors (Lipinski definition) is 3. The number of ether oxygens (including phenoxy) is 1. The highest BCUT2D eigenvalue weighted by molar-refractivity contribution is 5.88. The van der Waals surface area contributed by atoms with Gasteiger partial charge >= 0.3 is 0 Å². The average Bonchev–Trinajstić information content (AvgIpc) is 2.96. The van der Waals surface area contributed by atoms with Crippen LogP contribution in [0.25, 0.3) is 0 Å². The van der Waals surface area contributed by atoms with Gasteiger partial charge in [-0.25, -0.2) is 0 Å². The van der Waals surface area contributed by atoms with Gasteiger partial charge in [-0.05, 0) is 38.7 Å². The van der Waals surface area contributed by atoms with Gasteiger partial charge in [0.1, 0.15) is 17.6 Å². The maximum absolute atomic E-state index is 12.3. The minimum absolute atomic E-state index is 0.00194. The zero-order chi connectivity index (χ0) is 15.7. The van der Waals surface area contributed by atoms with Crippen LogP contribution in [0.3, 0.4) is 0 Å². The Hall–Kier alpha value is -1.61. The molecule has 1 saturated carbocycles. The summed E-state index contributed by atoms with van der Waals surface area (Å²) in [6.07, 6.45) is 5.32. The summed E-state index contributed by atoms with van der Waals surface area (Å²) in [5.41, 5.74) is 3.59. The normalized spacial score (nSPS) is 25.6. The first-order valence-electron chi connectivity index (χ1n) is 8.19. The highest BCUT2D eigenvalue weighted by Crippen LogP contribution is 2.50. The number of Topliss-reactive ketones (excluding diaryl/α,β-unsaturated/α-hetero) is 1. The SMILES string of the molecule is CC(C)=C[C@H]1C(=O)C[C@@H]2Oc3c(CCCCO)cccc3[C@@H]21. The van der Waals surface area contributed by atoms with Gasteiger partial charge in [-0.15, -0.1) is 0 Å². The summed E-state index contributed by atoms with van der Waals surface area (Å²) in [6, 6.07) is 6.29. The molecule has 0 amide bonds. The van der Waals surface area contributed by atoms with Crippen LogP contribution in [0.15, 0.2) is 29.8 Å². The minimum Gasteiger partial charge on any atom is -0.489 e. The number of ketones is 1. The number of hydrogen-bond donors (Lipinski definition) is 1. The second-order valence-electron chi connectivity index (χ2n) is 6.64. The van der Waals surface area contributed by atoms with Crippen molar-refractivity contribution < 1.29 is 14.6 Å². The van der Waals surface area contributed by atoms with E-state index >= 15 is 0 Å². The van der Waals surface area contributed by atoms with Gasteiger partial charge in [-0.2, -0.15) is 0 Å². The molecule has 3 heteroatoms. The first-order valence-corrected chi connectivity index (χ1v) is 8.19. The molecule has 1 N–H and O–H groups in total. The molecule has 0 bridgehead atoms. The number of aryl methyl sites for hydroxylation is 1. The summed E-state index contributed by atoms with van der Waals surface area (Å²) < 4.78 is 6.16. The molecule has 1 aliphatic carbocycles. The van der Waals surface area contributed by atoms with E-state index in [1.165, 1.54) is 16.7 Å². The van der Waals surface area contributed by atoms with E-state index in [2.05, 4.69) is 24.3 Å². The standard InChI is InChI=1S/C19H24O3/c1-12(2)10-15-16(21)11-17-18(15)14-8-5-7-13(19(14)22-17)6-3-4-9-20/h5,7-8,10,15,17-18,20H,3-4,6,9,11H2,1-2H3/t15-,17-,18+/m0/s1. The predicted octanol–water partition coefficient (Wildman–Crippen LogP) is 3.40. The van der Waals surface area contributed by atoms with E-state index in [9.17, 15) is 4.79 Å². The van der Waals surface area contributed by atoms with Crippen LogP contribution in [0.2, 0.25) is 0 Å². The summed E-state index contributed by atoms with van der Waals surface area (Å²) in [5.74, 6) is 1.43. The van der Waals surface area contributed by atoms with Crippen molar-refractivity contribution in [3.63, 3.8) is 0 Å². The van der Waals surface area contributed by atoms with E-state index in [1.807, 2.05) is 13.8 Å². The number of fused-ring (bicyclic) bond motifs is 3. The summed E-state index contributed by atoms with van der Waals surface area (Å²) in [4.78, 5) is 12.3. The van der Waals surface area contributed by atoms with Crippen molar-refractivity contribution in [1.29, 1.82) is 0 Å². The lowest BCUT2D eigenvalue weighted by molar-refractivity contribution is -0.119. The number of rotatable bonds is 5. The summed E-state index contributed by atoms with van der Waals surface area (Å²) >= 11 is 0. The van der Waals surface area contributed by atoms with Crippen molar-refractivity contribution in [3.8, 4) is 5.75 Å². The molecular formula is C19H24O3. The van der Waals surface area contributed by atoms with Gasteiger partial charge in [-0.1, -0.05) is 29.8 Å². The van der Waals surface area contributed by atoms with Crippen LogP contribution in [-0.2, 0) is 11.2 Å². The highest BCUT2D eigenvalue weighted by Gasteiger charge is 2.48. The molecule has 1 heterocycles. The zero-order valence-electron chi connectivity index (χ0n) is 13.3.